The largest absolute Gasteiger partial charge is 0.463 e. The third-order valence-electron chi connectivity index (χ3n) is 10.5. The molecule has 5 rings (SSSR count). The predicted molar refractivity (Wildman–Crippen MR) is 128 cm³/mol. The summed E-state index contributed by atoms with van der Waals surface area (Å²) in [5.41, 5.74) is 0.793. The lowest BCUT2D eigenvalue weighted by Crippen LogP contribution is -2.56. The lowest BCUT2D eigenvalue weighted by Gasteiger charge is -2.61. The van der Waals surface area contributed by atoms with Gasteiger partial charge in [0, 0.05) is 12.3 Å². The van der Waals surface area contributed by atoms with Crippen molar-refractivity contribution < 1.29 is 14.6 Å². The Morgan fingerprint density at radius 1 is 1.00 bits per heavy atom. The minimum atomic E-state index is -0.705. The Balaban J connectivity index is 1.35. The van der Waals surface area contributed by atoms with E-state index >= 15 is 0 Å². The van der Waals surface area contributed by atoms with Crippen LogP contribution in [-0.4, -0.2) is 22.8 Å². The van der Waals surface area contributed by atoms with Gasteiger partial charge in [-0.05, 0) is 92.4 Å². The summed E-state index contributed by atoms with van der Waals surface area (Å²) in [5.74, 6) is 2.62. The molecule has 0 bridgehead atoms. The molecule has 0 spiro atoms. The van der Waals surface area contributed by atoms with Crippen LogP contribution in [0.25, 0.3) is 6.08 Å². The molecule has 4 aliphatic rings. The zero-order valence-corrected chi connectivity index (χ0v) is 20.1. The van der Waals surface area contributed by atoms with Crippen LogP contribution in [-0.2, 0) is 9.53 Å². The number of hydrogen-bond donors (Lipinski definition) is 1. The molecule has 3 heteroatoms. The standard InChI is InChI=1S/C29H40O3/c1-20(30)32-23-12-15-27(2)22(19-23)9-10-24-25(27)13-16-28(3)26(24)14-18-29(28,31)17-11-21-7-5-4-6-8-21/h4-8,11,17,22-26,31H,9-10,12-16,18-19H2,1-3H3/b17-11+/t22-,23-,24-,25+,26-,27-,28+,29+/m1/s1. The number of benzene rings is 1. The van der Waals surface area contributed by atoms with Crippen molar-refractivity contribution in [3.8, 4) is 0 Å². The molecule has 4 fully saturated rings. The van der Waals surface area contributed by atoms with Crippen molar-refractivity contribution in [2.45, 2.75) is 90.3 Å². The molecule has 0 unspecified atom stereocenters. The monoisotopic (exact) mass is 436 g/mol. The highest BCUT2D eigenvalue weighted by atomic mass is 16.5. The van der Waals surface area contributed by atoms with Crippen molar-refractivity contribution in [2.24, 2.45) is 34.5 Å². The number of carbonyl (C=O) groups is 1. The van der Waals surface area contributed by atoms with Crippen LogP contribution in [0.15, 0.2) is 36.4 Å². The highest BCUT2D eigenvalue weighted by Crippen LogP contribution is 2.68. The van der Waals surface area contributed by atoms with Crippen LogP contribution < -0.4 is 0 Å². The van der Waals surface area contributed by atoms with Crippen LogP contribution >= 0.6 is 0 Å². The van der Waals surface area contributed by atoms with Gasteiger partial charge >= 0.3 is 5.97 Å². The van der Waals surface area contributed by atoms with E-state index in [1.54, 1.807) is 6.92 Å². The minimum absolute atomic E-state index is 0.0302. The number of carbonyl (C=O) groups excluding carboxylic acids is 1. The van der Waals surface area contributed by atoms with Gasteiger partial charge in [0.15, 0.2) is 0 Å². The van der Waals surface area contributed by atoms with E-state index in [4.69, 9.17) is 4.74 Å². The summed E-state index contributed by atoms with van der Waals surface area (Å²) >= 11 is 0. The Kier molecular flexibility index (Phi) is 5.55. The topological polar surface area (TPSA) is 46.5 Å². The number of aliphatic hydroxyl groups is 1. The van der Waals surface area contributed by atoms with E-state index in [1.807, 2.05) is 6.07 Å². The van der Waals surface area contributed by atoms with Crippen LogP contribution in [0.3, 0.4) is 0 Å². The van der Waals surface area contributed by atoms with Gasteiger partial charge < -0.3 is 9.84 Å². The summed E-state index contributed by atoms with van der Waals surface area (Å²) in [6, 6.07) is 10.4. The molecule has 1 aromatic rings. The van der Waals surface area contributed by atoms with E-state index in [9.17, 15) is 9.90 Å². The molecule has 4 saturated carbocycles. The first-order chi connectivity index (χ1) is 15.3. The lowest BCUT2D eigenvalue weighted by molar-refractivity contribution is -0.164. The third kappa shape index (κ3) is 3.47. The van der Waals surface area contributed by atoms with Gasteiger partial charge in [-0.15, -0.1) is 0 Å². The summed E-state index contributed by atoms with van der Waals surface area (Å²) in [7, 11) is 0. The van der Waals surface area contributed by atoms with Crippen molar-refractivity contribution in [2.75, 3.05) is 0 Å². The van der Waals surface area contributed by atoms with Gasteiger partial charge in [0.25, 0.3) is 0 Å². The molecule has 0 amide bonds. The summed E-state index contributed by atoms with van der Waals surface area (Å²) in [4.78, 5) is 11.5. The molecule has 0 radical (unpaired) electrons. The molecule has 0 heterocycles. The maximum absolute atomic E-state index is 11.9. The smallest absolute Gasteiger partial charge is 0.302 e. The van der Waals surface area contributed by atoms with E-state index in [1.165, 1.54) is 31.2 Å². The number of fused-ring (bicyclic) bond motifs is 5. The first-order valence-electron chi connectivity index (χ1n) is 12.9. The molecule has 174 valence electrons. The first kappa shape index (κ1) is 22.2. The van der Waals surface area contributed by atoms with Crippen molar-refractivity contribution >= 4 is 12.0 Å². The van der Waals surface area contributed by atoms with Gasteiger partial charge in [-0.25, -0.2) is 0 Å². The molecule has 8 atom stereocenters. The van der Waals surface area contributed by atoms with Crippen LogP contribution in [0.5, 0.6) is 0 Å². The van der Waals surface area contributed by atoms with Gasteiger partial charge in [0.05, 0.1) is 5.60 Å². The molecule has 0 aliphatic heterocycles. The second-order valence-electron chi connectivity index (χ2n) is 11.8. The second-order valence-corrected chi connectivity index (χ2v) is 11.8. The van der Waals surface area contributed by atoms with Gasteiger partial charge in [-0.1, -0.05) is 56.3 Å². The van der Waals surface area contributed by atoms with E-state index in [0.29, 0.717) is 17.3 Å². The number of rotatable bonds is 3. The zero-order chi connectivity index (χ0) is 22.6. The Morgan fingerprint density at radius 2 is 1.75 bits per heavy atom. The van der Waals surface area contributed by atoms with Gasteiger partial charge in [0.2, 0.25) is 0 Å². The predicted octanol–water partition coefficient (Wildman–Crippen LogP) is 6.41. The van der Waals surface area contributed by atoms with E-state index in [-0.39, 0.29) is 17.5 Å². The molecule has 1 aromatic carbocycles. The van der Waals surface area contributed by atoms with Crippen LogP contribution in [0.2, 0.25) is 0 Å². The summed E-state index contributed by atoms with van der Waals surface area (Å²) in [6.07, 6.45) is 14.5. The maximum Gasteiger partial charge on any atom is 0.302 e. The maximum atomic E-state index is 11.9. The van der Waals surface area contributed by atoms with Gasteiger partial charge in [0.1, 0.15) is 6.10 Å². The van der Waals surface area contributed by atoms with Gasteiger partial charge in [-0.3, -0.25) is 4.79 Å². The molecule has 0 aromatic heterocycles. The van der Waals surface area contributed by atoms with E-state index in [2.05, 4.69) is 50.3 Å². The molecular formula is C29H40O3. The van der Waals surface area contributed by atoms with Crippen LogP contribution in [0.1, 0.15) is 84.1 Å². The quantitative estimate of drug-likeness (QED) is 0.557. The van der Waals surface area contributed by atoms with Crippen LogP contribution in [0.4, 0.5) is 0 Å². The van der Waals surface area contributed by atoms with E-state index in [0.717, 1.165) is 43.9 Å². The Morgan fingerprint density at radius 3 is 2.50 bits per heavy atom. The Labute approximate surface area is 193 Å². The normalized spacial score (nSPS) is 45.7. The average molecular weight is 437 g/mol. The second kappa shape index (κ2) is 8.01. The minimum Gasteiger partial charge on any atom is -0.463 e. The molecule has 3 nitrogen and oxygen atoms in total. The highest BCUT2D eigenvalue weighted by molar-refractivity contribution is 5.66. The summed E-state index contributed by atoms with van der Waals surface area (Å²) in [5, 5.41) is 11.9. The molecule has 32 heavy (non-hydrogen) atoms. The van der Waals surface area contributed by atoms with Gasteiger partial charge in [-0.2, -0.15) is 0 Å². The SMILES string of the molecule is CC(=O)O[C@@H]1CC[C@]2(C)[C@H](CC[C@H]3[C@H]4CC[C@@](O)(/C=C/c5ccccc5)[C@@]4(C)CC[C@@H]32)C1. The van der Waals surface area contributed by atoms with Crippen molar-refractivity contribution in [3.63, 3.8) is 0 Å². The number of ether oxygens (including phenoxy) is 1. The summed E-state index contributed by atoms with van der Waals surface area (Å²) < 4.78 is 5.62. The fraction of sp³-hybridized carbons (Fsp3) is 0.690. The van der Waals surface area contributed by atoms with Crippen LogP contribution in [0, 0.1) is 34.5 Å². The molecule has 0 saturated heterocycles. The molecule has 1 N–H and O–H groups in total. The van der Waals surface area contributed by atoms with E-state index < -0.39 is 5.60 Å². The average Bonchev–Trinajstić information content (AvgIpc) is 3.04. The van der Waals surface area contributed by atoms with Crippen molar-refractivity contribution in [1.29, 1.82) is 0 Å². The van der Waals surface area contributed by atoms with Crippen molar-refractivity contribution in [3.05, 3.63) is 42.0 Å². The highest BCUT2D eigenvalue weighted by Gasteiger charge is 2.64. The number of esters is 1. The lowest BCUT2D eigenvalue weighted by atomic mass is 9.44. The van der Waals surface area contributed by atoms with Crippen molar-refractivity contribution in [1.82, 2.24) is 0 Å². The first-order valence-corrected chi connectivity index (χ1v) is 12.9. The molecule has 4 aliphatic carbocycles. The zero-order valence-electron chi connectivity index (χ0n) is 20.1. The Hall–Kier alpha value is -1.61. The number of hydrogen-bond acceptors (Lipinski definition) is 3. The summed E-state index contributed by atoms with van der Waals surface area (Å²) in [6.45, 7) is 6.46. The fourth-order valence-electron chi connectivity index (χ4n) is 8.68. The fourth-order valence-corrected chi connectivity index (χ4v) is 8.68. The third-order valence-corrected chi connectivity index (χ3v) is 10.5. The molecular weight excluding hydrogens is 396 g/mol. The Bertz CT molecular complexity index is 878.